The van der Waals surface area contributed by atoms with Gasteiger partial charge in [0.25, 0.3) is 0 Å². The molecule has 1 rings (SSSR count). The first-order chi connectivity index (χ1) is 8.78. The van der Waals surface area contributed by atoms with Crippen LogP contribution in [-0.2, 0) is 4.79 Å². The van der Waals surface area contributed by atoms with Crippen molar-refractivity contribution in [3.63, 3.8) is 0 Å². The summed E-state index contributed by atoms with van der Waals surface area (Å²) in [6.07, 6.45) is -4.38. The van der Waals surface area contributed by atoms with Gasteiger partial charge in [0.15, 0.2) is 0 Å². The maximum absolute atomic E-state index is 11.9. The fourth-order valence-corrected chi connectivity index (χ4v) is 1.64. The number of nitrogens with one attached hydrogen (secondary N) is 2. The number of carbonyl (C=O) groups is 1. The topological polar surface area (TPSA) is 41.1 Å². The molecule has 0 aromatic heterocycles. The second kappa shape index (κ2) is 6.91. The summed E-state index contributed by atoms with van der Waals surface area (Å²) < 4.78 is 36.6. The monoisotopic (exact) mass is 338 g/mol. The molecule has 0 heterocycles. The molecule has 1 atom stereocenters. The van der Waals surface area contributed by atoms with Crippen LogP contribution in [0, 0.1) is 0 Å². The predicted octanol–water partition coefficient (Wildman–Crippen LogP) is 2.78. The highest BCUT2D eigenvalue weighted by Crippen LogP contribution is 2.16. The number of carbonyl (C=O) groups excluding carboxylic acids is 1. The molecule has 1 aromatic carbocycles. The molecule has 0 aliphatic carbocycles. The zero-order valence-electron chi connectivity index (χ0n) is 10.2. The number of hydrogen-bond donors (Lipinski definition) is 2. The Hall–Kier alpha value is -1.08. The molecule has 0 unspecified atom stereocenters. The average Bonchev–Trinajstić information content (AvgIpc) is 2.33. The van der Waals surface area contributed by atoms with Crippen LogP contribution < -0.4 is 10.6 Å². The van der Waals surface area contributed by atoms with E-state index in [4.69, 9.17) is 0 Å². The predicted molar refractivity (Wildman–Crippen MR) is 69.6 cm³/mol. The minimum absolute atomic E-state index is 0.121. The number of hydrogen-bond acceptors (Lipinski definition) is 2. The molecule has 0 spiro atoms. The molecular weight excluding hydrogens is 325 g/mol. The Bertz CT molecular complexity index is 420. The van der Waals surface area contributed by atoms with Crippen molar-refractivity contribution >= 4 is 21.8 Å². The third-order valence-corrected chi connectivity index (χ3v) is 2.95. The Balaban J connectivity index is 2.35. The molecule has 0 aliphatic heterocycles. The highest BCUT2D eigenvalue weighted by molar-refractivity contribution is 9.10. The van der Waals surface area contributed by atoms with Crippen molar-refractivity contribution < 1.29 is 18.0 Å². The van der Waals surface area contributed by atoms with E-state index in [9.17, 15) is 18.0 Å². The van der Waals surface area contributed by atoms with Crippen LogP contribution in [0.15, 0.2) is 28.7 Å². The van der Waals surface area contributed by atoms with Gasteiger partial charge in [0, 0.05) is 10.5 Å². The highest BCUT2D eigenvalue weighted by atomic mass is 79.9. The molecule has 1 aromatic rings. The Kier molecular flexibility index (Phi) is 5.81. The summed E-state index contributed by atoms with van der Waals surface area (Å²) in [4.78, 5) is 11.2. The second-order valence-corrected chi connectivity index (χ2v) is 4.96. The van der Waals surface area contributed by atoms with Crippen LogP contribution in [0.5, 0.6) is 0 Å². The van der Waals surface area contributed by atoms with E-state index in [0.717, 1.165) is 10.0 Å². The molecule has 19 heavy (non-hydrogen) atoms. The van der Waals surface area contributed by atoms with Gasteiger partial charge in [-0.1, -0.05) is 28.1 Å². The number of benzene rings is 1. The molecule has 0 radical (unpaired) electrons. The van der Waals surface area contributed by atoms with E-state index in [-0.39, 0.29) is 12.6 Å². The lowest BCUT2D eigenvalue weighted by Gasteiger charge is -2.14. The van der Waals surface area contributed by atoms with Crippen molar-refractivity contribution in [1.82, 2.24) is 10.6 Å². The summed E-state index contributed by atoms with van der Waals surface area (Å²) in [6, 6.07) is 7.34. The van der Waals surface area contributed by atoms with Crippen molar-refractivity contribution in [2.75, 3.05) is 13.1 Å². The fraction of sp³-hybridized carbons (Fsp3) is 0.417. The smallest absolute Gasteiger partial charge is 0.346 e. The minimum atomic E-state index is -4.38. The van der Waals surface area contributed by atoms with Crippen LogP contribution in [0.4, 0.5) is 13.2 Å². The molecule has 0 saturated carbocycles. The Labute approximate surface area is 117 Å². The summed E-state index contributed by atoms with van der Waals surface area (Å²) >= 11 is 3.30. The van der Waals surface area contributed by atoms with Crippen LogP contribution in [0.25, 0.3) is 0 Å². The van der Waals surface area contributed by atoms with Crippen molar-refractivity contribution in [3.8, 4) is 0 Å². The van der Waals surface area contributed by atoms with E-state index >= 15 is 0 Å². The van der Waals surface area contributed by atoms with Crippen molar-refractivity contribution in [1.29, 1.82) is 0 Å². The molecule has 0 aliphatic rings. The van der Waals surface area contributed by atoms with Crippen molar-refractivity contribution in [2.24, 2.45) is 0 Å². The van der Waals surface area contributed by atoms with Gasteiger partial charge in [-0.3, -0.25) is 4.79 Å². The largest absolute Gasteiger partial charge is 0.405 e. The summed E-state index contributed by atoms with van der Waals surface area (Å²) in [5, 5.41) is 4.66. The third-order valence-electron chi connectivity index (χ3n) is 2.42. The molecule has 3 nitrogen and oxygen atoms in total. The van der Waals surface area contributed by atoms with E-state index in [0.29, 0.717) is 0 Å². The van der Waals surface area contributed by atoms with Crippen LogP contribution in [0.3, 0.4) is 0 Å². The Morgan fingerprint density at radius 1 is 1.32 bits per heavy atom. The van der Waals surface area contributed by atoms with Crippen molar-refractivity contribution in [3.05, 3.63) is 34.3 Å². The van der Waals surface area contributed by atoms with Gasteiger partial charge in [0.2, 0.25) is 5.91 Å². The van der Waals surface area contributed by atoms with Gasteiger partial charge in [-0.15, -0.1) is 0 Å². The van der Waals surface area contributed by atoms with Gasteiger partial charge >= 0.3 is 6.18 Å². The normalized spacial score (nSPS) is 13.1. The molecule has 7 heteroatoms. The Morgan fingerprint density at radius 3 is 2.42 bits per heavy atom. The molecule has 1 amide bonds. The van der Waals surface area contributed by atoms with E-state index in [1.165, 1.54) is 0 Å². The number of amides is 1. The zero-order chi connectivity index (χ0) is 14.5. The first-order valence-corrected chi connectivity index (χ1v) is 6.39. The molecule has 106 valence electrons. The lowest BCUT2D eigenvalue weighted by atomic mass is 10.1. The van der Waals surface area contributed by atoms with E-state index < -0.39 is 18.6 Å². The summed E-state index contributed by atoms with van der Waals surface area (Å²) in [5.74, 6) is -0.679. The molecular formula is C12H14BrF3N2O. The molecule has 0 fully saturated rings. The lowest BCUT2D eigenvalue weighted by Crippen LogP contribution is -2.39. The first-order valence-electron chi connectivity index (χ1n) is 5.60. The third kappa shape index (κ3) is 6.58. The molecule has 2 N–H and O–H groups in total. The number of halogens is 4. The summed E-state index contributed by atoms with van der Waals surface area (Å²) in [6.45, 7) is 0.369. The maximum Gasteiger partial charge on any atom is 0.405 e. The van der Waals surface area contributed by atoms with E-state index in [1.54, 1.807) is 5.32 Å². The van der Waals surface area contributed by atoms with Crippen LogP contribution >= 0.6 is 15.9 Å². The van der Waals surface area contributed by atoms with Crippen LogP contribution in [-0.4, -0.2) is 25.2 Å². The second-order valence-electron chi connectivity index (χ2n) is 4.05. The van der Waals surface area contributed by atoms with Gasteiger partial charge in [-0.05, 0) is 24.6 Å². The van der Waals surface area contributed by atoms with Crippen LogP contribution in [0.1, 0.15) is 18.5 Å². The SMILES string of the molecule is C[C@H](NCC(=O)NCC(F)(F)F)c1ccc(Br)cc1. The fourth-order valence-electron chi connectivity index (χ4n) is 1.38. The highest BCUT2D eigenvalue weighted by Gasteiger charge is 2.27. The molecule has 0 saturated heterocycles. The van der Waals surface area contributed by atoms with Gasteiger partial charge in [-0.25, -0.2) is 0 Å². The lowest BCUT2D eigenvalue weighted by molar-refractivity contribution is -0.137. The van der Waals surface area contributed by atoms with Crippen LogP contribution in [0.2, 0.25) is 0 Å². The van der Waals surface area contributed by atoms with Gasteiger partial charge in [0.1, 0.15) is 6.54 Å². The minimum Gasteiger partial charge on any atom is -0.346 e. The van der Waals surface area contributed by atoms with E-state index in [1.807, 2.05) is 31.2 Å². The number of alkyl halides is 3. The van der Waals surface area contributed by atoms with Gasteiger partial charge in [0.05, 0.1) is 6.54 Å². The standard InChI is InChI=1S/C12H14BrF3N2O/c1-8(9-2-4-10(13)5-3-9)17-6-11(19)18-7-12(14,15)16/h2-5,8,17H,6-7H2,1H3,(H,18,19)/t8-/m0/s1. The van der Waals surface area contributed by atoms with Gasteiger partial charge in [-0.2, -0.15) is 13.2 Å². The quantitative estimate of drug-likeness (QED) is 0.866. The van der Waals surface area contributed by atoms with Crippen molar-refractivity contribution in [2.45, 2.75) is 19.1 Å². The summed E-state index contributed by atoms with van der Waals surface area (Å²) in [5.41, 5.74) is 0.951. The van der Waals surface area contributed by atoms with E-state index in [2.05, 4.69) is 21.2 Å². The maximum atomic E-state index is 11.9. The Morgan fingerprint density at radius 2 is 1.89 bits per heavy atom. The molecule has 0 bridgehead atoms. The first kappa shape index (κ1) is 16.0. The number of rotatable bonds is 5. The zero-order valence-corrected chi connectivity index (χ0v) is 11.8. The van der Waals surface area contributed by atoms with Gasteiger partial charge < -0.3 is 10.6 Å². The average molecular weight is 339 g/mol. The summed E-state index contributed by atoms with van der Waals surface area (Å²) in [7, 11) is 0.